The summed E-state index contributed by atoms with van der Waals surface area (Å²) in [4.78, 5) is 17.9. The van der Waals surface area contributed by atoms with Crippen molar-refractivity contribution in [3.05, 3.63) is 40.3 Å². The van der Waals surface area contributed by atoms with Gasteiger partial charge in [-0.2, -0.15) is 15.1 Å². The summed E-state index contributed by atoms with van der Waals surface area (Å²) in [5.41, 5.74) is 5.31. The zero-order chi connectivity index (χ0) is 15.0. The van der Waals surface area contributed by atoms with Gasteiger partial charge in [0.15, 0.2) is 5.65 Å². The number of rotatable bonds is 3. The molecule has 10 heteroatoms. The molecule has 3 rings (SSSR count). The molecule has 2 aromatic heterocycles. The first-order valence-electron chi connectivity index (χ1n) is 5.63. The standard InChI is InChI=1S/C11H7FN6O3/c12-5-1-2-8(7(3-5)18(19)20)21-10-6-4-14-17-9(6)15-11(13)16-10/h1-4H,(H3,13,14,15,16,17). The number of nitrogens with zero attached hydrogens (tertiary/aromatic N) is 4. The number of nitrogen functional groups attached to an aromatic ring is 1. The number of H-pyrrole nitrogens is 1. The van der Waals surface area contributed by atoms with Gasteiger partial charge in [0.25, 0.3) is 0 Å². The molecule has 2 heterocycles. The highest BCUT2D eigenvalue weighted by Crippen LogP contribution is 2.33. The zero-order valence-corrected chi connectivity index (χ0v) is 10.3. The van der Waals surface area contributed by atoms with Crippen LogP contribution in [0.5, 0.6) is 11.6 Å². The molecule has 21 heavy (non-hydrogen) atoms. The molecule has 0 fully saturated rings. The Balaban J connectivity index is 2.10. The van der Waals surface area contributed by atoms with Crippen LogP contribution in [0.4, 0.5) is 16.0 Å². The number of anilines is 1. The third kappa shape index (κ3) is 2.29. The van der Waals surface area contributed by atoms with Gasteiger partial charge in [-0.3, -0.25) is 15.2 Å². The van der Waals surface area contributed by atoms with Crippen molar-refractivity contribution in [2.75, 3.05) is 5.73 Å². The monoisotopic (exact) mass is 290 g/mol. The minimum absolute atomic E-state index is 0.0130. The number of benzene rings is 1. The first-order valence-corrected chi connectivity index (χ1v) is 5.63. The molecule has 0 unspecified atom stereocenters. The summed E-state index contributed by atoms with van der Waals surface area (Å²) in [5.74, 6) is -1.01. The molecule has 0 aliphatic carbocycles. The van der Waals surface area contributed by atoms with E-state index in [1.54, 1.807) is 0 Å². The zero-order valence-electron chi connectivity index (χ0n) is 10.3. The average Bonchev–Trinajstić information content (AvgIpc) is 2.88. The summed E-state index contributed by atoms with van der Waals surface area (Å²) in [7, 11) is 0. The summed E-state index contributed by atoms with van der Waals surface area (Å²) >= 11 is 0. The molecule has 106 valence electrons. The fourth-order valence-electron chi connectivity index (χ4n) is 1.73. The predicted octanol–water partition coefficient (Wildman–Crippen LogP) is 1.77. The molecule has 0 bridgehead atoms. The van der Waals surface area contributed by atoms with Crippen LogP contribution < -0.4 is 10.5 Å². The number of fused-ring (bicyclic) bond motifs is 1. The van der Waals surface area contributed by atoms with E-state index in [2.05, 4.69) is 20.2 Å². The van der Waals surface area contributed by atoms with Gasteiger partial charge in [0.2, 0.25) is 17.6 Å². The van der Waals surface area contributed by atoms with E-state index in [9.17, 15) is 14.5 Å². The average molecular weight is 290 g/mol. The molecule has 3 aromatic rings. The van der Waals surface area contributed by atoms with E-state index in [1.807, 2.05) is 0 Å². The van der Waals surface area contributed by atoms with E-state index >= 15 is 0 Å². The second-order valence-corrected chi connectivity index (χ2v) is 3.99. The van der Waals surface area contributed by atoms with E-state index in [1.165, 1.54) is 6.20 Å². The number of hydrogen-bond acceptors (Lipinski definition) is 7. The van der Waals surface area contributed by atoms with Crippen LogP contribution in [0, 0.1) is 15.9 Å². The Bertz CT molecular complexity index is 849. The molecule has 0 spiro atoms. The maximum Gasteiger partial charge on any atom is 0.314 e. The van der Waals surface area contributed by atoms with Crippen LogP contribution in [0.1, 0.15) is 0 Å². The Hall–Kier alpha value is -3.30. The van der Waals surface area contributed by atoms with E-state index in [4.69, 9.17) is 10.5 Å². The van der Waals surface area contributed by atoms with E-state index < -0.39 is 16.4 Å². The van der Waals surface area contributed by atoms with Crippen molar-refractivity contribution in [3.63, 3.8) is 0 Å². The maximum atomic E-state index is 13.1. The van der Waals surface area contributed by atoms with Gasteiger partial charge in [0.1, 0.15) is 11.2 Å². The number of nitrogens with one attached hydrogen (secondary N) is 1. The van der Waals surface area contributed by atoms with Gasteiger partial charge in [-0.05, 0) is 12.1 Å². The number of nitrogens with two attached hydrogens (primary N) is 1. The normalized spacial score (nSPS) is 10.7. The molecule has 0 amide bonds. The van der Waals surface area contributed by atoms with Gasteiger partial charge >= 0.3 is 5.69 Å². The minimum Gasteiger partial charge on any atom is -0.431 e. The molecule has 0 saturated heterocycles. The largest absolute Gasteiger partial charge is 0.431 e. The summed E-state index contributed by atoms with van der Waals surface area (Å²) in [6.07, 6.45) is 1.39. The van der Waals surface area contributed by atoms with Crippen LogP contribution in [-0.2, 0) is 0 Å². The van der Waals surface area contributed by atoms with Crippen LogP contribution in [0.3, 0.4) is 0 Å². The second-order valence-electron chi connectivity index (χ2n) is 3.99. The summed E-state index contributed by atoms with van der Waals surface area (Å²) < 4.78 is 18.5. The van der Waals surface area contributed by atoms with Crippen LogP contribution in [0.15, 0.2) is 24.4 Å². The van der Waals surface area contributed by atoms with Gasteiger partial charge in [-0.15, -0.1) is 0 Å². The molecule has 0 radical (unpaired) electrons. The van der Waals surface area contributed by atoms with Crippen molar-refractivity contribution in [1.29, 1.82) is 0 Å². The Labute approximate surface area is 115 Å². The number of nitro groups is 1. The summed E-state index contributed by atoms with van der Waals surface area (Å²) in [6, 6.07) is 2.93. The lowest BCUT2D eigenvalue weighted by molar-refractivity contribution is -0.385. The molecule has 0 aliphatic rings. The van der Waals surface area contributed by atoms with Gasteiger partial charge in [0, 0.05) is 0 Å². The highest BCUT2D eigenvalue weighted by atomic mass is 19.1. The molecule has 9 nitrogen and oxygen atoms in total. The number of aromatic amines is 1. The molecular formula is C11H7FN6O3. The lowest BCUT2D eigenvalue weighted by Gasteiger charge is -2.06. The Morgan fingerprint density at radius 3 is 2.95 bits per heavy atom. The summed E-state index contributed by atoms with van der Waals surface area (Å²) in [6.45, 7) is 0. The fraction of sp³-hybridized carbons (Fsp3) is 0. The molecule has 0 aliphatic heterocycles. The van der Waals surface area contributed by atoms with Crippen LogP contribution in [-0.4, -0.2) is 25.1 Å². The molecule has 0 atom stereocenters. The van der Waals surface area contributed by atoms with Gasteiger partial charge in [-0.25, -0.2) is 4.39 Å². The van der Waals surface area contributed by atoms with Crippen molar-refractivity contribution in [2.45, 2.75) is 0 Å². The number of halogens is 1. The van der Waals surface area contributed by atoms with Crippen LogP contribution >= 0.6 is 0 Å². The Morgan fingerprint density at radius 2 is 2.19 bits per heavy atom. The van der Waals surface area contributed by atoms with Gasteiger partial charge < -0.3 is 10.5 Å². The number of nitro benzene ring substituents is 1. The van der Waals surface area contributed by atoms with Crippen LogP contribution in [0.25, 0.3) is 11.0 Å². The third-order valence-electron chi connectivity index (χ3n) is 2.62. The smallest absolute Gasteiger partial charge is 0.314 e. The van der Waals surface area contributed by atoms with E-state index in [-0.39, 0.29) is 17.6 Å². The highest BCUT2D eigenvalue weighted by molar-refractivity contribution is 5.80. The molecule has 0 saturated carbocycles. The first-order chi connectivity index (χ1) is 10.0. The predicted molar refractivity (Wildman–Crippen MR) is 69.2 cm³/mol. The van der Waals surface area contributed by atoms with E-state index in [0.717, 1.165) is 18.2 Å². The molecule has 3 N–H and O–H groups in total. The number of ether oxygens (including phenoxy) is 1. The molecule has 1 aromatic carbocycles. The van der Waals surface area contributed by atoms with Crippen molar-refractivity contribution in [3.8, 4) is 11.6 Å². The van der Waals surface area contributed by atoms with Gasteiger partial charge in [0.05, 0.1) is 17.2 Å². The fourth-order valence-corrected chi connectivity index (χ4v) is 1.73. The maximum absolute atomic E-state index is 13.1. The van der Waals surface area contributed by atoms with Crippen molar-refractivity contribution in [2.24, 2.45) is 0 Å². The highest BCUT2D eigenvalue weighted by Gasteiger charge is 2.19. The number of aromatic nitrogens is 4. The minimum atomic E-state index is -0.754. The Morgan fingerprint density at radius 1 is 1.38 bits per heavy atom. The lowest BCUT2D eigenvalue weighted by atomic mass is 10.3. The van der Waals surface area contributed by atoms with Crippen LogP contribution in [0.2, 0.25) is 0 Å². The number of hydrogen-bond donors (Lipinski definition) is 2. The quantitative estimate of drug-likeness (QED) is 0.554. The Kier molecular flexibility index (Phi) is 2.83. The SMILES string of the molecule is Nc1nc(Oc2ccc(F)cc2[N+](=O)[O-])c2cn[nH]c2n1. The third-order valence-corrected chi connectivity index (χ3v) is 2.62. The lowest BCUT2D eigenvalue weighted by Crippen LogP contribution is -2.00. The second kappa shape index (κ2) is 4.67. The van der Waals surface area contributed by atoms with Crippen molar-refractivity contribution in [1.82, 2.24) is 20.2 Å². The van der Waals surface area contributed by atoms with E-state index in [0.29, 0.717) is 11.0 Å². The summed E-state index contributed by atoms with van der Waals surface area (Å²) in [5, 5.41) is 17.7. The molecular weight excluding hydrogens is 283 g/mol. The topological polar surface area (TPSA) is 133 Å². The van der Waals surface area contributed by atoms with Crippen molar-refractivity contribution < 1.29 is 14.1 Å². The first kappa shape index (κ1) is 12.7. The van der Waals surface area contributed by atoms with Gasteiger partial charge in [-0.1, -0.05) is 0 Å². The van der Waals surface area contributed by atoms with Crippen molar-refractivity contribution >= 4 is 22.7 Å².